The maximum Gasteiger partial charge on any atom is 0.485 e. The van der Waals surface area contributed by atoms with Crippen LogP contribution in [0.1, 0.15) is 17.0 Å². The van der Waals surface area contributed by atoms with Crippen LogP contribution in [0.5, 0.6) is 0 Å². The molecule has 1 saturated heterocycles. The van der Waals surface area contributed by atoms with E-state index in [1.54, 1.807) is 12.4 Å². The van der Waals surface area contributed by atoms with E-state index in [4.69, 9.17) is 10.4 Å². The van der Waals surface area contributed by atoms with Gasteiger partial charge in [0, 0.05) is 30.7 Å². The van der Waals surface area contributed by atoms with Crippen molar-refractivity contribution in [2.24, 2.45) is 5.73 Å². The zero-order chi connectivity index (χ0) is 19.5. The number of Topliss-reactive ketones (excluding diaryl/α,β-unsaturated/α-hetero) is 1. The van der Waals surface area contributed by atoms with E-state index >= 15 is 0 Å². The number of aromatic nitrogens is 1. The summed E-state index contributed by atoms with van der Waals surface area (Å²) in [6.07, 6.45) is 3.85. The zero-order valence-electron chi connectivity index (χ0n) is 15.3. The average Bonchev–Trinajstić information content (AvgIpc) is 3.15. The molecule has 0 radical (unpaired) electrons. The lowest BCUT2D eigenvalue weighted by atomic mass is 9.73. The Labute approximate surface area is 163 Å². The molecule has 140 valence electrons. The van der Waals surface area contributed by atoms with Crippen LogP contribution in [0.3, 0.4) is 0 Å². The highest BCUT2D eigenvalue weighted by atomic mass is 16.5. The summed E-state index contributed by atoms with van der Waals surface area (Å²) in [7, 11) is -0.477. The van der Waals surface area contributed by atoms with E-state index in [0.29, 0.717) is 6.42 Å². The van der Waals surface area contributed by atoms with Gasteiger partial charge in [0.15, 0.2) is 0 Å². The smallest absolute Gasteiger partial charge is 0.485 e. The number of carbonyl (C=O) groups excluding carboxylic acids is 2. The average molecular weight is 373 g/mol. The zero-order valence-corrected chi connectivity index (χ0v) is 15.3. The summed E-state index contributed by atoms with van der Waals surface area (Å²) < 4.78 is 5.24. The third kappa shape index (κ3) is 3.81. The molecule has 2 aromatic carbocycles. The fourth-order valence-corrected chi connectivity index (χ4v) is 3.54. The van der Waals surface area contributed by atoms with Crippen molar-refractivity contribution < 1.29 is 14.2 Å². The van der Waals surface area contributed by atoms with Crippen molar-refractivity contribution in [3.8, 4) is 0 Å². The van der Waals surface area contributed by atoms with E-state index in [2.05, 4.69) is 10.2 Å². The summed E-state index contributed by atoms with van der Waals surface area (Å²) >= 11 is 0. The number of nitrogens with two attached hydrogens (primary N) is 1. The normalized spacial score (nSPS) is 14.9. The number of hydrogen-bond donors (Lipinski definition) is 2. The van der Waals surface area contributed by atoms with Crippen LogP contribution in [0.4, 0.5) is 0 Å². The fourth-order valence-electron chi connectivity index (χ4n) is 3.54. The number of nitrogens with zero attached hydrogens (tertiary/aromatic N) is 1. The van der Waals surface area contributed by atoms with Gasteiger partial charge in [-0.2, -0.15) is 0 Å². The molecule has 0 spiro atoms. The summed E-state index contributed by atoms with van der Waals surface area (Å²) in [6, 6.07) is 15.4. The Balaban J connectivity index is 1.54. The van der Waals surface area contributed by atoms with Crippen molar-refractivity contribution >= 4 is 35.0 Å². The molecule has 3 aromatic rings. The molecule has 1 aromatic heterocycles. The molecule has 4 rings (SSSR count). The molecule has 2 heterocycles. The number of pyridine rings is 1. The second kappa shape index (κ2) is 7.92. The second-order valence-electron chi connectivity index (χ2n) is 6.91. The quantitative estimate of drug-likeness (QED) is 0.625. The van der Waals surface area contributed by atoms with Gasteiger partial charge < -0.3 is 15.6 Å². The van der Waals surface area contributed by atoms with Crippen LogP contribution in [-0.2, 0) is 20.7 Å². The molecule has 1 fully saturated rings. The molecule has 1 atom stereocenters. The minimum absolute atomic E-state index is 0.0597. The van der Waals surface area contributed by atoms with Crippen LogP contribution in [0.2, 0.25) is 0 Å². The van der Waals surface area contributed by atoms with Crippen LogP contribution in [0.25, 0.3) is 10.8 Å². The second-order valence-corrected chi connectivity index (χ2v) is 6.91. The molecule has 0 bridgehead atoms. The van der Waals surface area contributed by atoms with Gasteiger partial charge in [-0.25, -0.2) is 0 Å². The highest BCUT2D eigenvalue weighted by molar-refractivity contribution is 6.68. The van der Waals surface area contributed by atoms with Gasteiger partial charge in [0.25, 0.3) is 0 Å². The van der Waals surface area contributed by atoms with Gasteiger partial charge >= 0.3 is 13.0 Å². The molecule has 3 N–H and O–H groups in total. The highest BCUT2D eigenvalue weighted by Crippen LogP contribution is 2.20. The number of benzene rings is 2. The Bertz CT molecular complexity index is 1040. The summed E-state index contributed by atoms with van der Waals surface area (Å²) in [4.78, 5) is 28.4. The predicted octanol–water partition coefficient (Wildman–Crippen LogP) is 0.930. The lowest BCUT2D eigenvalue weighted by Gasteiger charge is -2.16. The molecule has 0 unspecified atom stereocenters. The van der Waals surface area contributed by atoms with Crippen molar-refractivity contribution in [1.29, 1.82) is 0 Å². The number of nitrogens with one attached hydrogen (secondary N) is 1. The summed E-state index contributed by atoms with van der Waals surface area (Å²) in [5.41, 5.74) is 8.54. The molecular formula is C21H20BN3O3. The standard InChI is InChI=1S/C21H20BN3O3/c23-11-19(16-2-1-3-18(10-16)22-25-13-21(27)28-22)20(26)9-14-4-5-17-12-24-7-6-15(17)8-14/h1-8,10,12,19,25H,9,11,13,23H2/t19-/m1/s1. The first kappa shape index (κ1) is 18.3. The minimum Gasteiger partial charge on any atom is -0.515 e. The number of ketones is 1. The van der Waals surface area contributed by atoms with Gasteiger partial charge in [-0.3, -0.25) is 14.6 Å². The van der Waals surface area contributed by atoms with Gasteiger partial charge in [0.1, 0.15) is 5.78 Å². The molecule has 7 heteroatoms. The summed E-state index contributed by atoms with van der Waals surface area (Å²) in [5, 5.41) is 5.10. The van der Waals surface area contributed by atoms with Crippen molar-refractivity contribution in [3.05, 3.63) is 72.1 Å². The molecule has 1 aliphatic rings. The fraction of sp³-hybridized carbons (Fsp3) is 0.190. The molecule has 1 aliphatic heterocycles. The van der Waals surface area contributed by atoms with Crippen LogP contribution < -0.4 is 16.4 Å². The van der Waals surface area contributed by atoms with Gasteiger partial charge in [0.2, 0.25) is 0 Å². The molecule has 0 amide bonds. The Hall–Kier alpha value is -3.03. The largest absolute Gasteiger partial charge is 0.515 e. The molecule has 0 aliphatic carbocycles. The maximum absolute atomic E-state index is 13.0. The third-order valence-electron chi connectivity index (χ3n) is 5.00. The lowest BCUT2D eigenvalue weighted by molar-refractivity contribution is -0.131. The molecular weight excluding hydrogens is 353 g/mol. The first-order valence-corrected chi connectivity index (χ1v) is 9.22. The van der Waals surface area contributed by atoms with Crippen LogP contribution in [0, 0.1) is 0 Å². The predicted molar refractivity (Wildman–Crippen MR) is 108 cm³/mol. The first-order chi connectivity index (χ1) is 13.6. The maximum atomic E-state index is 13.0. The van der Waals surface area contributed by atoms with Gasteiger partial charge in [-0.05, 0) is 28.0 Å². The summed E-state index contributed by atoms with van der Waals surface area (Å²) in [6.45, 7) is 0.406. The Morgan fingerprint density at radius 3 is 2.89 bits per heavy atom. The van der Waals surface area contributed by atoms with Crippen molar-refractivity contribution in [2.75, 3.05) is 13.1 Å². The van der Waals surface area contributed by atoms with Crippen molar-refractivity contribution in [2.45, 2.75) is 12.3 Å². The summed E-state index contributed by atoms with van der Waals surface area (Å²) in [5.74, 6) is -0.636. The van der Waals surface area contributed by atoms with Gasteiger partial charge in [0.05, 0.1) is 12.5 Å². The molecule has 28 heavy (non-hydrogen) atoms. The number of hydrogen-bond acceptors (Lipinski definition) is 6. The number of carbonyl (C=O) groups is 2. The van der Waals surface area contributed by atoms with E-state index in [1.807, 2.05) is 48.5 Å². The molecule has 0 saturated carbocycles. The Morgan fingerprint density at radius 1 is 1.21 bits per heavy atom. The third-order valence-corrected chi connectivity index (χ3v) is 5.00. The monoisotopic (exact) mass is 373 g/mol. The van der Waals surface area contributed by atoms with Crippen molar-refractivity contribution in [3.63, 3.8) is 0 Å². The number of rotatable bonds is 6. The Kier molecular flexibility index (Phi) is 5.19. The lowest BCUT2D eigenvalue weighted by Crippen LogP contribution is -2.41. The van der Waals surface area contributed by atoms with E-state index in [0.717, 1.165) is 27.4 Å². The van der Waals surface area contributed by atoms with Gasteiger partial charge in [-0.15, -0.1) is 0 Å². The van der Waals surface area contributed by atoms with Gasteiger partial charge in [-0.1, -0.05) is 42.5 Å². The van der Waals surface area contributed by atoms with Crippen molar-refractivity contribution in [1.82, 2.24) is 10.2 Å². The van der Waals surface area contributed by atoms with Crippen LogP contribution >= 0.6 is 0 Å². The Morgan fingerprint density at radius 2 is 2.11 bits per heavy atom. The minimum atomic E-state index is -0.477. The first-order valence-electron chi connectivity index (χ1n) is 9.22. The van der Waals surface area contributed by atoms with Crippen LogP contribution in [0.15, 0.2) is 60.9 Å². The highest BCUT2D eigenvalue weighted by Gasteiger charge is 2.31. The van der Waals surface area contributed by atoms with E-state index in [9.17, 15) is 9.59 Å². The van der Waals surface area contributed by atoms with E-state index < -0.39 is 13.0 Å². The van der Waals surface area contributed by atoms with Crippen LogP contribution in [-0.4, -0.2) is 36.9 Å². The number of fused-ring (bicyclic) bond motifs is 1. The molecule has 6 nitrogen and oxygen atoms in total. The van der Waals surface area contributed by atoms with E-state index in [-0.39, 0.29) is 24.8 Å². The SMILES string of the molecule is NC[C@@H](C(=O)Cc1ccc2cnccc2c1)c1cccc(B2NCC(=O)O2)c1. The van der Waals surface area contributed by atoms with E-state index in [1.165, 1.54) is 0 Å². The topological polar surface area (TPSA) is 94.3 Å².